The second-order valence-corrected chi connectivity index (χ2v) is 8.51. The standard InChI is InChI=1S/C30H20N2O/c33-30-25-18-17-21(19-9-3-1-4-10-19)23-14-7-15-24(27(23)25)29-31-28-22(20-11-5-2-6-12-20)13-8-16-26(28)32(29)30/h1-18,30,33H. The molecule has 7 rings (SSSR count). The fourth-order valence-corrected chi connectivity index (χ4v) is 5.25. The summed E-state index contributed by atoms with van der Waals surface area (Å²) in [4.78, 5) is 5.11. The number of fused-ring (bicyclic) bond motifs is 4. The molecule has 3 heteroatoms. The summed E-state index contributed by atoms with van der Waals surface area (Å²) in [7, 11) is 0. The first kappa shape index (κ1) is 18.4. The summed E-state index contributed by atoms with van der Waals surface area (Å²) < 4.78 is 1.97. The molecule has 1 atom stereocenters. The maximum absolute atomic E-state index is 11.6. The molecule has 0 aliphatic carbocycles. The Labute approximate surface area is 191 Å². The first-order valence-electron chi connectivity index (χ1n) is 11.2. The van der Waals surface area contributed by atoms with Crippen LogP contribution in [0.4, 0.5) is 0 Å². The molecular weight excluding hydrogens is 404 g/mol. The van der Waals surface area contributed by atoms with Crippen LogP contribution in [0.15, 0.2) is 109 Å². The third-order valence-corrected chi connectivity index (χ3v) is 6.73. The fourth-order valence-electron chi connectivity index (χ4n) is 5.25. The quantitative estimate of drug-likeness (QED) is 0.324. The molecule has 1 N–H and O–H groups in total. The van der Waals surface area contributed by atoms with Gasteiger partial charge in [-0.15, -0.1) is 0 Å². The maximum atomic E-state index is 11.6. The molecule has 1 aliphatic rings. The van der Waals surface area contributed by atoms with Gasteiger partial charge in [0.2, 0.25) is 0 Å². The van der Waals surface area contributed by atoms with Crippen molar-refractivity contribution in [3.05, 3.63) is 115 Å². The highest BCUT2D eigenvalue weighted by molar-refractivity contribution is 6.08. The van der Waals surface area contributed by atoms with Gasteiger partial charge in [0.15, 0.2) is 6.23 Å². The Hall–Kier alpha value is -4.21. The van der Waals surface area contributed by atoms with E-state index in [9.17, 15) is 5.11 Å². The lowest BCUT2D eigenvalue weighted by molar-refractivity contribution is 0.152. The number of aliphatic hydroxyl groups excluding tert-OH is 1. The minimum atomic E-state index is -0.793. The second kappa shape index (κ2) is 6.89. The molecule has 2 heterocycles. The Kier molecular flexibility index (Phi) is 3.84. The van der Waals surface area contributed by atoms with Crippen molar-refractivity contribution < 1.29 is 5.11 Å². The molecule has 0 amide bonds. The molecule has 1 unspecified atom stereocenters. The highest BCUT2D eigenvalue weighted by atomic mass is 16.3. The van der Waals surface area contributed by atoms with E-state index in [0.29, 0.717) is 0 Å². The number of rotatable bonds is 2. The van der Waals surface area contributed by atoms with Crippen molar-refractivity contribution in [2.45, 2.75) is 6.23 Å². The molecular formula is C30H20N2O. The van der Waals surface area contributed by atoms with Gasteiger partial charge in [0.05, 0.1) is 11.0 Å². The lowest BCUT2D eigenvalue weighted by Crippen LogP contribution is -2.16. The average Bonchev–Trinajstić information content (AvgIpc) is 3.28. The predicted molar refractivity (Wildman–Crippen MR) is 134 cm³/mol. The summed E-state index contributed by atoms with van der Waals surface area (Å²) in [6, 6.07) is 37.5. The normalized spacial score (nSPS) is 14.5. The van der Waals surface area contributed by atoms with Gasteiger partial charge in [-0.3, -0.25) is 4.57 Å². The van der Waals surface area contributed by atoms with Crippen LogP contribution in [0.5, 0.6) is 0 Å². The zero-order valence-electron chi connectivity index (χ0n) is 17.8. The van der Waals surface area contributed by atoms with Crippen LogP contribution < -0.4 is 0 Å². The van der Waals surface area contributed by atoms with E-state index in [4.69, 9.17) is 4.98 Å². The number of benzene rings is 5. The number of aromatic nitrogens is 2. The minimum Gasteiger partial charge on any atom is -0.369 e. The van der Waals surface area contributed by atoms with Crippen LogP contribution in [0.25, 0.3) is 55.4 Å². The first-order valence-corrected chi connectivity index (χ1v) is 11.2. The van der Waals surface area contributed by atoms with E-state index >= 15 is 0 Å². The number of hydrogen-bond acceptors (Lipinski definition) is 2. The number of para-hydroxylation sites is 1. The molecule has 0 saturated heterocycles. The highest BCUT2D eigenvalue weighted by Crippen LogP contribution is 2.45. The summed E-state index contributed by atoms with van der Waals surface area (Å²) in [5.41, 5.74) is 8.34. The van der Waals surface area contributed by atoms with E-state index in [0.717, 1.165) is 55.4 Å². The molecule has 5 aromatic carbocycles. The van der Waals surface area contributed by atoms with E-state index in [1.165, 1.54) is 5.56 Å². The van der Waals surface area contributed by atoms with Crippen molar-refractivity contribution >= 4 is 21.8 Å². The zero-order chi connectivity index (χ0) is 21.9. The summed E-state index contributed by atoms with van der Waals surface area (Å²) in [5, 5.41) is 13.8. The third kappa shape index (κ3) is 2.57. The van der Waals surface area contributed by atoms with Gasteiger partial charge in [-0.2, -0.15) is 0 Å². The first-order chi connectivity index (χ1) is 16.3. The monoisotopic (exact) mass is 424 g/mol. The zero-order valence-corrected chi connectivity index (χ0v) is 17.8. The fraction of sp³-hybridized carbons (Fsp3) is 0.0333. The van der Waals surface area contributed by atoms with E-state index in [1.54, 1.807) is 0 Å². The molecule has 0 saturated carbocycles. The Morgan fingerprint density at radius 1 is 0.606 bits per heavy atom. The Morgan fingerprint density at radius 2 is 1.27 bits per heavy atom. The van der Waals surface area contributed by atoms with Gasteiger partial charge < -0.3 is 5.11 Å². The molecule has 1 aromatic heterocycles. The number of nitrogens with zero attached hydrogens (tertiary/aromatic N) is 2. The lowest BCUT2D eigenvalue weighted by atomic mass is 9.89. The summed E-state index contributed by atoms with van der Waals surface area (Å²) in [6.07, 6.45) is -0.793. The van der Waals surface area contributed by atoms with Crippen molar-refractivity contribution in [1.82, 2.24) is 9.55 Å². The molecule has 0 radical (unpaired) electrons. The van der Waals surface area contributed by atoms with Crippen LogP contribution in [0.3, 0.4) is 0 Å². The van der Waals surface area contributed by atoms with Gasteiger partial charge >= 0.3 is 0 Å². The van der Waals surface area contributed by atoms with Gasteiger partial charge in [-0.1, -0.05) is 103 Å². The van der Waals surface area contributed by atoms with Crippen LogP contribution >= 0.6 is 0 Å². The van der Waals surface area contributed by atoms with E-state index in [1.807, 2.05) is 41.0 Å². The van der Waals surface area contributed by atoms with Gasteiger partial charge in [0.25, 0.3) is 0 Å². The predicted octanol–water partition coefficient (Wildman–Crippen LogP) is 7.04. The summed E-state index contributed by atoms with van der Waals surface area (Å²) in [5.74, 6) is 0.809. The van der Waals surface area contributed by atoms with Crippen LogP contribution in [0.2, 0.25) is 0 Å². The van der Waals surface area contributed by atoms with Crippen LogP contribution in [0.1, 0.15) is 11.8 Å². The Bertz CT molecular complexity index is 1670. The van der Waals surface area contributed by atoms with Gasteiger partial charge in [0, 0.05) is 22.1 Å². The second-order valence-electron chi connectivity index (χ2n) is 8.51. The van der Waals surface area contributed by atoms with Crippen molar-refractivity contribution in [2.24, 2.45) is 0 Å². The topological polar surface area (TPSA) is 38.1 Å². The number of hydrogen-bond donors (Lipinski definition) is 1. The third-order valence-electron chi connectivity index (χ3n) is 6.73. The molecule has 0 bridgehead atoms. The molecule has 33 heavy (non-hydrogen) atoms. The van der Waals surface area contributed by atoms with Crippen LogP contribution in [-0.2, 0) is 0 Å². The average molecular weight is 425 g/mol. The smallest absolute Gasteiger partial charge is 0.159 e. The Morgan fingerprint density at radius 3 is 2.03 bits per heavy atom. The summed E-state index contributed by atoms with van der Waals surface area (Å²) in [6.45, 7) is 0. The largest absolute Gasteiger partial charge is 0.369 e. The van der Waals surface area contributed by atoms with E-state index < -0.39 is 6.23 Å². The molecule has 156 valence electrons. The van der Waals surface area contributed by atoms with Gasteiger partial charge in [-0.05, 0) is 28.1 Å². The van der Waals surface area contributed by atoms with Crippen molar-refractivity contribution in [1.29, 1.82) is 0 Å². The Balaban J connectivity index is 1.55. The lowest BCUT2D eigenvalue weighted by Gasteiger charge is -2.26. The highest BCUT2D eigenvalue weighted by Gasteiger charge is 2.29. The van der Waals surface area contributed by atoms with Gasteiger partial charge in [-0.25, -0.2) is 4.98 Å². The van der Waals surface area contributed by atoms with Crippen LogP contribution in [-0.4, -0.2) is 14.7 Å². The number of imidazole rings is 1. The minimum absolute atomic E-state index is 0.793. The molecule has 3 nitrogen and oxygen atoms in total. The van der Waals surface area contributed by atoms with Crippen LogP contribution in [0, 0.1) is 0 Å². The van der Waals surface area contributed by atoms with Crippen molar-refractivity contribution in [2.75, 3.05) is 0 Å². The van der Waals surface area contributed by atoms with Crippen molar-refractivity contribution in [3.8, 4) is 33.6 Å². The van der Waals surface area contributed by atoms with Gasteiger partial charge in [0.1, 0.15) is 5.82 Å². The van der Waals surface area contributed by atoms with Crippen molar-refractivity contribution in [3.63, 3.8) is 0 Å². The molecule has 1 aliphatic heterocycles. The number of aliphatic hydroxyl groups is 1. The van der Waals surface area contributed by atoms with E-state index in [-0.39, 0.29) is 0 Å². The molecule has 0 fully saturated rings. The molecule has 6 aromatic rings. The molecule has 0 spiro atoms. The summed E-state index contributed by atoms with van der Waals surface area (Å²) >= 11 is 0. The maximum Gasteiger partial charge on any atom is 0.159 e. The van der Waals surface area contributed by atoms with E-state index in [2.05, 4.69) is 72.8 Å². The SMILES string of the molecule is OC1c2ccc(-c3ccccc3)c3cccc(c23)-c2nc3c(-c4ccccc4)cccc3n21.